The molecule has 1 aromatic carbocycles. The van der Waals surface area contributed by atoms with E-state index in [9.17, 15) is 0 Å². The van der Waals surface area contributed by atoms with Crippen LogP contribution in [0.2, 0.25) is 0 Å². The maximum absolute atomic E-state index is 4.97. The average molecular weight is 321 g/mol. The number of aliphatic imine (C=N–C) groups is 1. The third-order valence-corrected chi connectivity index (χ3v) is 4.43. The van der Waals surface area contributed by atoms with Crippen molar-refractivity contribution in [3.63, 3.8) is 0 Å². The van der Waals surface area contributed by atoms with E-state index in [0.717, 1.165) is 24.4 Å². The van der Waals surface area contributed by atoms with Gasteiger partial charge in [-0.05, 0) is 51.2 Å². The molecule has 3 nitrogen and oxygen atoms in total. The van der Waals surface area contributed by atoms with E-state index >= 15 is 0 Å². The van der Waals surface area contributed by atoms with Gasteiger partial charge < -0.3 is 10.6 Å². The van der Waals surface area contributed by atoms with Gasteiger partial charge in [-0.15, -0.1) is 0 Å². The second-order valence-electron chi connectivity index (χ2n) is 6.82. The summed E-state index contributed by atoms with van der Waals surface area (Å²) in [5.41, 5.74) is 6.02. The first-order valence-corrected chi connectivity index (χ1v) is 8.86. The molecular weight excluding hydrogens is 294 g/mol. The lowest BCUT2D eigenvalue weighted by molar-refractivity contribution is 0.582. The van der Waals surface area contributed by atoms with Gasteiger partial charge in [0, 0.05) is 17.0 Å². The molecular formula is C21H27N3. The van der Waals surface area contributed by atoms with Gasteiger partial charge in [0.05, 0.1) is 0 Å². The molecule has 1 aliphatic heterocycles. The molecule has 3 rings (SSSR count). The summed E-state index contributed by atoms with van der Waals surface area (Å²) in [4.78, 5) is 4.97. The number of hydrogen-bond donors (Lipinski definition) is 2. The van der Waals surface area contributed by atoms with Crippen molar-refractivity contribution in [1.29, 1.82) is 0 Å². The minimum Gasteiger partial charge on any atom is -0.363 e. The summed E-state index contributed by atoms with van der Waals surface area (Å²) < 4.78 is 0. The number of amidine groups is 1. The fourth-order valence-electron chi connectivity index (χ4n) is 3.34. The summed E-state index contributed by atoms with van der Waals surface area (Å²) in [6.45, 7) is 8.30. The van der Waals surface area contributed by atoms with E-state index in [4.69, 9.17) is 4.99 Å². The van der Waals surface area contributed by atoms with Crippen LogP contribution in [0.15, 0.2) is 70.5 Å². The summed E-state index contributed by atoms with van der Waals surface area (Å²) in [7, 11) is 0. The number of nitrogens with one attached hydrogen (secondary N) is 2. The van der Waals surface area contributed by atoms with Gasteiger partial charge in [0.1, 0.15) is 12.0 Å². The standard InChI is InChI=1S/C21H27N3/c1-15(2)14-16(3)22-21-18-12-8-5-9-13-19(18)23-20(24-21)17-10-6-4-7-11-17/h4,6-7,10-11,14,20,23H,3,5,8-9,12-13H2,1-2H3,(H,22,24). The Hall–Kier alpha value is -2.29. The van der Waals surface area contributed by atoms with Crippen molar-refractivity contribution in [3.8, 4) is 0 Å². The van der Waals surface area contributed by atoms with Crippen LogP contribution < -0.4 is 10.6 Å². The van der Waals surface area contributed by atoms with E-state index in [2.05, 4.69) is 61.4 Å². The van der Waals surface area contributed by atoms with Crippen LogP contribution in [0, 0.1) is 0 Å². The Balaban J connectivity index is 1.92. The predicted octanol–water partition coefficient (Wildman–Crippen LogP) is 4.97. The molecule has 1 heterocycles. The first-order chi connectivity index (χ1) is 11.6. The highest BCUT2D eigenvalue weighted by Gasteiger charge is 2.25. The van der Waals surface area contributed by atoms with Gasteiger partial charge in [-0.2, -0.15) is 0 Å². The molecule has 126 valence electrons. The lowest BCUT2D eigenvalue weighted by Gasteiger charge is -2.28. The predicted molar refractivity (Wildman–Crippen MR) is 102 cm³/mol. The largest absolute Gasteiger partial charge is 0.363 e. The monoisotopic (exact) mass is 321 g/mol. The Morgan fingerprint density at radius 2 is 1.92 bits per heavy atom. The Kier molecular flexibility index (Phi) is 5.19. The van der Waals surface area contributed by atoms with Crippen molar-refractivity contribution >= 4 is 5.84 Å². The molecule has 3 heteroatoms. The maximum Gasteiger partial charge on any atom is 0.146 e. The van der Waals surface area contributed by atoms with Crippen LogP contribution in [0.5, 0.6) is 0 Å². The summed E-state index contributed by atoms with van der Waals surface area (Å²) in [5.74, 6) is 0.988. The Morgan fingerprint density at radius 3 is 2.67 bits per heavy atom. The summed E-state index contributed by atoms with van der Waals surface area (Å²) in [6.07, 6.45) is 7.99. The fourth-order valence-corrected chi connectivity index (χ4v) is 3.34. The smallest absolute Gasteiger partial charge is 0.146 e. The van der Waals surface area contributed by atoms with Crippen LogP contribution in [0.3, 0.4) is 0 Å². The van der Waals surface area contributed by atoms with E-state index in [-0.39, 0.29) is 6.17 Å². The quantitative estimate of drug-likeness (QED) is 0.771. The second kappa shape index (κ2) is 7.52. The summed E-state index contributed by atoms with van der Waals surface area (Å²) in [5, 5.41) is 7.12. The number of nitrogens with zero attached hydrogens (tertiary/aromatic N) is 1. The molecule has 1 aromatic rings. The molecule has 1 unspecified atom stereocenters. The highest BCUT2D eigenvalue weighted by molar-refractivity contribution is 6.01. The summed E-state index contributed by atoms with van der Waals surface area (Å²) in [6, 6.07) is 10.4. The molecule has 24 heavy (non-hydrogen) atoms. The third-order valence-electron chi connectivity index (χ3n) is 4.43. The van der Waals surface area contributed by atoms with E-state index in [1.165, 1.54) is 41.7 Å². The first kappa shape index (κ1) is 16.6. The average Bonchev–Trinajstić information content (AvgIpc) is 2.80. The van der Waals surface area contributed by atoms with Crippen LogP contribution >= 0.6 is 0 Å². The van der Waals surface area contributed by atoms with Gasteiger partial charge in [0.15, 0.2) is 0 Å². The zero-order chi connectivity index (χ0) is 16.9. The zero-order valence-electron chi connectivity index (χ0n) is 14.7. The molecule has 1 atom stereocenters. The Bertz CT molecular complexity index is 691. The van der Waals surface area contributed by atoms with Gasteiger partial charge >= 0.3 is 0 Å². The molecule has 2 aliphatic rings. The minimum atomic E-state index is -0.0231. The number of rotatable bonds is 3. The van der Waals surface area contributed by atoms with E-state index in [0.29, 0.717) is 0 Å². The highest BCUT2D eigenvalue weighted by atomic mass is 15.2. The normalized spacial score (nSPS) is 20.2. The van der Waals surface area contributed by atoms with Gasteiger partial charge in [-0.25, -0.2) is 4.99 Å². The number of benzene rings is 1. The van der Waals surface area contributed by atoms with Crippen LogP contribution in [-0.2, 0) is 0 Å². The molecule has 0 amide bonds. The molecule has 0 radical (unpaired) electrons. The van der Waals surface area contributed by atoms with Crippen LogP contribution in [-0.4, -0.2) is 5.84 Å². The summed E-state index contributed by atoms with van der Waals surface area (Å²) >= 11 is 0. The highest BCUT2D eigenvalue weighted by Crippen LogP contribution is 2.30. The van der Waals surface area contributed by atoms with Crippen molar-refractivity contribution in [2.24, 2.45) is 4.99 Å². The molecule has 0 saturated heterocycles. The van der Waals surface area contributed by atoms with Crippen molar-refractivity contribution < 1.29 is 0 Å². The lowest BCUT2D eigenvalue weighted by Crippen LogP contribution is -2.34. The Labute approximate surface area is 145 Å². The van der Waals surface area contributed by atoms with Crippen molar-refractivity contribution in [2.75, 3.05) is 0 Å². The molecule has 0 spiro atoms. The van der Waals surface area contributed by atoms with E-state index in [1.807, 2.05) is 6.07 Å². The van der Waals surface area contributed by atoms with Gasteiger partial charge in [0.2, 0.25) is 0 Å². The minimum absolute atomic E-state index is 0.0231. The molecule has 0 bridgehead atoms. The lowest BCUT2D eigenvalue weighted by atomic mass is 10.0. The van der Waals surface area contributed by atoms with Gasteiger partial charge in [-0.1, -0.05) is 48.9 Å². The van der Waals surface area contributed by atoms with Crippen molar-refractivity contribution in [3.05, 3.63) is 71.1 Å². The SMILES string of the molecule is C=C(C=C(C)C)NC1=NC(c2ccccc2)NC2=C1CCCCC2. The van der Waals surface area contributed by atoms with Crippen molar-refractivity contribution in [1.82, 2.24) is 10.6 Å². The number of hydrogen-bond acceptors (Lipinski definition) is 3. The maximum atomic E-state index is 4.97. The van der Waals surface area contributed by atoms with Crippen molar-refractivity contribution in [2.45, 2.75) is 52.1 Å². The number of allylic oxidation sites excluding steroid dienone is 3. The molecule has 2 N–H and O–H groups in total. The second-order valence-corrected chi connectivity index (χ2v) is 6.82. The molecule has 1 aliphatic carbocycles. The van der Waals surface area contributed by atoms with E-state index in [1.54, 1.807) is 0 Å². The third kappa shape index (κ3) is 3.97. The molecule has 0 aromatic heterocycles. The van der Waals surface area contributed by atoms with Crippen LogP contribution in [0.25, 0.3) is 0 Å². The van der Waals surface area contributed by atoms with Crippen LogP contribution in [0.4, 0.5) is 0 Å². The van der Waals surface area contributed by atoms with Gasteiger partial charge in [-0.3, -0.25) is 0 Å². The van der Waals surface area contributed by atoms with Gasteiger partial charge in [0.25, 0.3) is 0 Å². The Morgan fingerprint density at radius 1 is 1.17 bits per heavy atom. The molecule has 0 saturated carbocycles. The first-order valence-electron chi connectivity index (χ1n) is 8.86. The molecule has 0 fully saturated rings. The van der Waals surface area contributed by atoms with E-state index < -0.39 is 0 Å². The van der Waals surface area contributed by atoms with Crippen LogP contribution in [0.1, 0.15) is 57.7 Å². The fraction of sp³-hybridized carbons (Fsp3) is 0.381. The topological polar surface area (TPSA) is 36.4 Å². The zero-order valence-corrected chi connectivity index (χ0v) is 14.7.